The molecule has 0 N–H and O–H groups in total. The van der Waals surface area contributed by atoms with Gasteiger partial charge >= 0.3 is 0 Å². The summed E-state index contributed by atoms with van der Waals surface area (Å²) in [7, 11) is -3.69. The van der Waals surface area contributed by atoms with E-state index in [9.17, 15) is 13.2 Å². The fourth-order valence-electron chi connectivity index (χ4n) is 3.95. The Balaban J connectivity index is 1.21. The number of carbonyl (C=O) groups excluding carboxylic acids is 1. The Morgan fingerprint density at radius 3 is 2.53 bits per heavy atom. The molecule has 164 valence electrons. The number of fused-ring (bicyclic) bond motifs is 2. The summed E-state index contributed by atoms with van der Waals surface area (Å²) in [5, 5.41) is 1.07. The molecule has 1 fully saturated rings. The summed E-state index contributed by atoms with van der Waals surface area (Å²) >= 11 is 0.997. The van der Waals surface area contributed by atoms with Crippen molar-refractivity contribution in [3.05, 3.63) is 60.3 Å². The second-order valence-corrected chi connectivity index (χ2v) is 10.1. The molecule has 3 heterocycles. The van der Waals surface area contributed by atoms with Crippen molar-refractivity contribution in [3.63, 3.8) is 0 Å². The maximum atomic E-state index is 13.1. The number of aryl methyl sites for hydroxylation is 1. The summed E-state index contributed by atoms with van der Waals surface area (Å²) in [6.07, 6.45) is 0.906. The normalized spacial score (nSPS) is 15.4. The van der Waals surface area contributed by atoms with Gasteiger partial charge < -0.3 is 4.90 Å². The van der Waals surface area contributed by atoms with Crippen LogP contribution >= 0.6 is 11.7 Å². The molecular formula is C22H21N5O3S2. The fourth-order valence-corrected chi connectivity index (χ4v) is 6.12. The van der Waals surface area contributed by atoms with Crippen molar-refractivity contribution in [1.82, 2.24) is 22.9 Å². The van der Waals surface area contributed by atoms with Crippen molar-refractivity contribution in [1.29, 1.82) is 0 Å². The summed E-state index contributed by atoms with van der Waals surface area (Å²) in [6, 6.07) is 16.9. The first-order valence-corrected chi connectivity index (χ1v) is 12.5. The number of aromatic nitrogens is 3. The number of rotatable bonds is 5. The van der Waals surface area contributed by atoms with Gasteiger partial charge in [0.1, 0.15) is 15.9 Å². The van der Waals surface area contributed by atoms with Crippen LogP contribution in [0.4, 0.5) is 0 Å². The Morgan fingerprint density at radius 1 is 0.906 bits per heavy atom. The van der Waals surface area contributed by atoms with Crippen LogP contribution in [0.5, 0.6) is 0 Å². The second kappa shape index (κ2) is 8.53. The summed E-state index contributed by atoms with van der Waals surface area (Å²) in [5.41, 5.74) is 2.77. The SMILES string of the molecule is O=C(CCc1ccc2ccccc2n1)N1CCN(S(=O)(=O)c2cccc3nsnc23)CC1. The molecule has 2 aromatic heterocycles. The van der Waals surface area contributed by atoms with Crippen LogP contribution in [0.25, 0.3) is 21.9 Å². The Bertz CT molecular complexity index is 1390. The minimum absolute atomic E-state index is 0.0165. The third-order valence-electron chi connectivity index (χ3n) is 5.71. The van der Waals surface area contributed by atoms with E-state index in [-0.39, 0.29) is 23.9 Å². The molecule has 0 bridgehead atoms. The first-order chi connectivity index (χ1) is 15.5. The zero-order valence-electron chi connectivity index (χ0n) is 17.2. The van der Waals surface area contributed by atoms with E-state index in [2.05, 4.69) is 13.7 Å². The van der Waals surface area contributed by atoms with Crippen molar-refractivity contribution in [2.75, 3.05) is 26.2 Å². The predicted octanol–water partition coefficient (Wildman–Crippen LogP) is 2.71. The summed E-state index contributed by atoms with van der Waals surface area (Å²) in [6.45, 7) is 1.26. The fraction of sp³-hybridized carbons (Fsp3) is 0.273. The standard InChI is InChI=1S/C22H21N5O3S2/c28-21(11-10-17-9-8-16-4-1-2-5-18(16)23-17)26-12-14-27(15-13-26)32(29,30)20-7-3-6-19-22(20)25-31-24-19/h1-9H,10-15H2. The van der Waals surface area contributed by atoms with Gasteiger partial charge in [-0.25, -0.2) is 8.42 Å². The molecule has 0 atom stereocenters. The van der Waals surface area contributed by atoms with Crippen LogP contribution in [0.15, 0.2) is 59.5 Å². The van der Waals surface area contributed by atoms with E-state index in [0.717, 1.165) is 28.3 Å². The highest BCUT2D eigenvalue weighted by molar-refractivity contribution is 7.89. The van der Waals surface area contributed by atoms with Crippen LogP contribution < -0.4 is 0 Å². The number of para-hydroxylation sites is 1. The molecule has 1 aliphatic rings. The van der Waals surface area contributed by atoms with Crippen molar-refractivity contribution in [2.45, 2.75) is 17.7 Å². The number of nitrogens with zero attached hydrogens (tertiary/aromatic N) is 5. The van der Waals surface area contributed by atoms with Gasteiger partial charge in [0, 0.05) is 43.7 Å². The Hall–Kier alpha value is -2.95. The second-order valence-electron chi connectivity index (χ2n) is 7.67. The molecule has 1 amide bonds. The van der Waals surface area contributed by atoms with Crippen LogP contribution in [-0.4, -0.2) is 63.4 Å². The van der Waals surface area contributed by atoms with Crippen molar-refractivity contribution < 1.29 is 13.2 Å². The molecule has 1 saturated heterocycles. The number of sulfonamides is 1. The Labute approximate surface area is 189 Å². The predicted molar refractivity (Wildman–Crippen MR) is 123 cm³/mol. The third kappa shape index (κ3) is 3.96. The van der Waals surface area contributed by atoms with Gasteiger partial charge in [-0.15, -0.1) is 0 Å². The van der Waals surface area contributed by atoms with Gasteiger partial charge in [-0.1, -0.05) is 30.3 Å². The van der Waals surface area contributed by atoms with Crippen molar-refractivity contribution >= 4 is 49.6 Å². The van der Waals surface area contributed by atoms with E-state index in [4.69, 9.17) is 0 Å². The molecule has 32 heavy (non-hydrogen) atoms. The van der Waals surface area contributed by atoms with E-state index in [1.807, 2.05) is 36.4 Å². The van der Waals surface area contributed by atoms with Crippen LogP contribution in [0.3, 0.4) is 0 Å². The molecule has 4 aromatic rings. The minimum atomic E-state index is -3.69. The van der Waals surface area contributed by atoms with Crippen LogP contribution in [0.1, 0.15) is 12.1 Å². The quantitative estimate of drug-likeness (QED) is 0.448. The topological polar surface area (TPSA) is 96.4 Å². The first-order valence-electron chi connectivity index (χ1n) is 10.4. The van der Waals surface area contributed by atoms with Gasteiger partial charge in [0.25, 0.3) is 0 Å². The molecule has 0 spiro atoms. The number of amides is 1. The molecule has 0 saturated carbocycles. The molecule has 0 aliphatic carbocycles. The van der Waals surface area contributed by atoms with Gasteiger partial charge in [0.2, 0.25) is 15.9 Å². The number of carbonyl (C=O) groups is 1. The van der Waals surface area contributed by atoms with Crippen LogP contribution in [0, 0.1) is 0 Å². The number of pyridine rings is 1. The lowest BCUT2D eigenvalue weighted by Gasteiger charge is -2.34. The highest BCUT2D eigenvalue weighted by atomic mass is 32.2. The highest BCUT2D eigenvalue weighted by Gasteiger charge is 2.31. The van der Waals surface area contributed by atoms with Gasteiger partial charge in [-0.2, -0.15) is 13.1 Å². The highest BCUT2D eigenvalue weighted by Crippen LogP contribution is 2.25. The lowest BCUT2D eigenvalue weighted by Crippen LogP contribution is -2.50. The monoisotopic (exact) mass is 467 g/mol. The lowest BCUT2D eigenvalue weighted by molar-refractivity contribution is -0.132. The number of hydrogen-bond acceptors (Lipinski definition) is 7. The van der Waals surface area contributed by atoms with E-state index in [1.165, 1.54) is 4.31 Å². The first kappa shape index (κ1) is 20.9. The largest absolute Gasteiger partial charge is 0.340 e. The van der Waals surface area contributed by atoms with Gasteiger partial charge in [0.15, 0.2) is 0 Å². The maximum absolute atomic E-state index is 13.1. The average Bonchev–Trinajstić information content (AvgIpc) is 3.31. The van der Waals surface area contributed by atoms with Gasteiger partial charge in [0.05, 0.1) is 17.2 Å². The summed E-state index contributed by atoms with van der Waals surface area (Å²) < 4.78 is 36.0. The van der Waals surface area contributed by atoms with Crippen LogP contribution in [0.2, 0.25) is 0 Å². The van der Waals surface area contributed by atoms with Crippen molar-refractivity contribution in [2.24, 2.45) is 0 Å². The zero-order valence-corrected chi connectivity index (χ0v) is 18.8. The number of hydrogen-bond donors (Lipinski definition) is 0. The van der Waals surface area contributed by atoms with Crippen molar-refractivity contribution in [3.8, 4) is 0 Å². The minimum Gasteiger partial charge on any atom is -0.340 e. The van der Waals surface area contributed by atoms with Gasteiger partial charge in [-0.3, -0.25) is 9.78 Å². The molecule has 2 aromatic carbocycles. The third-order valence-corrected chi connectivity index (χ3v) is 8.18. The molecule has 0 radical (unpaired) electrons. The molecule has 10 heteroatoms. The molecular weight excluding hydrogens is 446 g/mol. The Kier molecular flexibility index (Phi) is 5.58. The summed E-state index contributed by atoms with van der Waals surface area (Å²) in [4.78, 5) is 19.2. The van der Waals surface area contributed by atoms with E-state index < -0.39 is 10.0 Å². The van der Waals surface area contributed by atoms with E-state index in [0.29, 0.717) is 37.0 Å². The lowest BCUT2D eigenvalue weighted by atomic mass is 10.1. The smallest absolute Gasteiger partial charge is 0.245 e. The van der Waals surface area contributed by atoms with E-state index >= 15 is 0 Å². The Morgan fingerprint density at radius 2 is 1.69 bits per heavy atom. The van der Waals surface area contributed by atoms with Gasteiger partial charge in [-0.05, 0) is 30.7 Å². The molecule has 8 nitrogen and oxygen atoms in total. The number of piperazine rings is 1. The molecule has 5 rings (SSSR count). The van der Waals surface area contributed by atoms with E-state index in [1.54, 1.807) is 23.1 Å². The number of benzene rings is 2. The maximum Gasteiger partial charge on any atom is 0.245 e. The zero-order chi connectivity index (χ0) is 22.1. The average molecular weight is 468 g/mol. The summed E-state index contributed by atoms with van der Waals surface area (Å²) in [5.74, 6) is 0.0165. The molecule has 1 aliphatic heterocycles. The molecule has 0 unspecified atom stereocenters. The van der Waals surface area contributed by atoms with Crippen LogP contribution in [-0.2, 0) is 21.2 Å².